The zero-order chi connectivity index (χ0) is 15.9. The van der Waals surface area contributed by atoms with Gasteiger partial charge in [0.25, 0.3) is 0 Å². The molecule has 0 aromatic heterocycles. The molecule has 4 nitrogen and oxygen atoms in total. The molecule has 1 aliphatic carbocycles. The summed E-state index contributed by atoms with van der Waals surface area (Å²) in [5, 5.41) is 0. The number of ether oxygens (including phenoxy) is 1. The van der Waals surface area contributed by atoms with Gasteiger partial charge in [0, 0.05) is 12.5 Å². The summed E-state index contributed by atoms with van der Waals surface area (Å²) in [4.78, 5) is 0.323. The molecule has 2 aromatic rings. The fourth-order valence-corrected chi connectivity index (χ4v) is 4.44. The first kappa shape index (κ1) is 14.7. The van der Waals surface area contributed by atoms with E-state index in [1.807, 2.05) is 30.3 Å². The quantitative estimate of drug-likeness (QED) is 0.917. The molecular formula is C18H19NO3S. The van der Waals surface area contributed by atoms with E-state index in [2.05, 4.69) is 4.72 Å². The molecule has 1 atom stereocenters. The molecule has 0 bridgehead atoms. The topological polar surface area (TPSA) is 55.4 Å². The van der Waals surface area contributed by atoms with Crippen LogP contribution in [0.2, 0.25) is 0 Å². The molecule has 4 rings (SSSR count). The van der Waals surface area contributed by atoms with E-state index in [1.54, 1.807) is 18.2 Å². The third kappa shape index (κ3) is 2.99. The van der Waals surface area contributed by atoms with Crippen LogP contribution >= 0.6 is 0 Å². The van der Waals surface area contributed by atoms with Crippen LogP contribution in [-0.2, 0) is 16.4 Å². The Kier molecular flexibility index (Phi) is 3.62. The molecule has 1 saturated carbocycles. The van der Waals surface area contributed by atoms with Crippen LogP contribution in [0.4, 0.5) is 0 Å². The van der Waals surface area contributed by atoms with Crippen molar-refractivity contribution >= 4 is 10.0 Å². The molecule has 0 saturated heterocycles. The van der Waals surface area contributed by atoms with Gasteiger partial charge in [-0.3, -0.25) is 0 Å². The minimum absolute atomic E-state index is 0.147. The average molecular weight is 329 g/mol. The van der Waals surface area contributed by atoms with Gasteiger partial charge in [0.15, 0.2) is 0 Å². The van der Waals surface area contributed by atoms with Crippen molar-refractivity contribution < 1.29 is 13.2 Å². The summed E-state index contributed by atoms with van der Waals surface area (Å²) in [6.07, 6.45) is 2.91. The largest absolute Gasteiger partial charge is 0.493 e. The lowest BCUT2D eigenvalue weighted by atomic mass is 10.0. The lowest BCUT2D eigenvalue weighted by Crippen LogP contribution is -2.30. The fraction of sp³-hybridized carbons (Fsp3) is 0.333. The van der Waals surface area contributed by atoms with E-state index in [0.717, 1.165) is 36.1 Å². The molecule has 0 radical (unpaired) electrons. The molecule has 2 aromatic carbocycles. The summed E-state index contributed by atoms with van der Waals surface area (Å²) in [5.41, 5.74) is 2.00. The van der Waals surface area contributed by atoms with E-state index in [4.69, 9.17) is 4.74 Å². The van der Waals surface area contributed by atoms with Crippen molar-refractivity contribution in [3.63, 3.8) is 0 Å². The van der Waals surface area contributed by atoms with E-state index in [-0.39, 0.29) is 6.04 Å². The Hall–Kier alpha value is -1.85. The lowest BCUT2D eigenvalue weighted by Gasteiger charge is -2.19. The molecule has 1 N–H and O–H groups in total. The second-order valence-corrected chi connectivity index (χ2v) is 7.93. The third-order valence-electron chi connectivity index (χ3n) is 4.51. The van der Waals surface area contributed by atoms with Crippen LogP contribution in [0.5, 0.6) is 5.75 Å². The van der Waals surface area contributed by atoms with Crippen molar-refractivity contribution in [1.29, 1.82) is 0 Å². The minimum Gasteiger partial charge on any atom is -0.493 e. The van der Waals surface area contributed by atoms with Crippen molar-refractivity contribution in [3.05, 3.63) is 59.7 Å². The molecule has 0 spiro atoms. The maximum atomic E-state index is 12.8. The second-order valence-electron chi connectivity index (χ2n) is 6.22. The van der Waals surface area contributed by atoms with E-state index in [9.17, 15) is 8.42 Å². The Morgan fingerprint density at radius 1 is 1.09 bits per heavy atom. The standard InChI is InChI=1S/C18H19NO3S/c20-23(21,16-8-9-17-15(12-16)10-11-22-17)19-18(14-6-7-14)13-4-2-1-3-5-13/h1-5,8-9,12,14,18-19H,6-7,10-11H2/t18-/m1/s1. The second kappa shape index (κ2) is 5.65. The first-order valence-corrected chi connectivity index (χ1v) is 9.45. The fourth-order valence-electron chi connectivity index (χ4n) is 3.09. The number of sulfonamides is 1. The molecule has 2 aliphatic rings. The van der Waals surface area contributed by atoms with Crippen molar-refractivity contribution in [2.75, 3.05) is 6.61 Å². The van der Waals surface area contributed by atoms with Gasteiger partial charge >= 0.3 is 0 Å². The molecular weight excluding hydrogens is 310 g/mol. The van der Waals surface area contributed by atoms with Gasteiger partial charge in [-0.2, -0.15) is 0 Å². The van der Waals surface area contributed by atoms with Crippen LogP contribution in [0.1, 0.15) is 30.0 Å². The molecule has 0 amide bonds. The maximum absolute atomic E-state index is 12.8. The summed E-state index contributed by atoms with van der Waals surface area (Å²) >= 11 is 0. The SMILES string of the molecule is O=S(=O)(N[C@H](c1ccccc1)C1CC1)c1ccc2c(c1)CCO2. The van der Waals surface area contributed by atoms with Crippen molar-refractivity contribution in [2.45, 2.75) is 30.2 Å². The molecule has 0 unspecified atom stereocenters. The Morgan fingerprint density at radius 3 is 2.61 bits per heavy atom. The number of nitrogens with one attached hydrogen (secondary N) is 1. The molecule has 23 heavy (non-hydrogen) atoms. The van der Waals surface area contributed by atoms with Crippen molar-refractivity contribution in [2.24, 2.45) is 5.92 Å². The highest BCUT2D eigenvalue weighted by molar-refractivity contribution is 7.89. The van der Waals surface area contributed by atoms with Gasteiger partial charge in [-0.25, -0.2) is 13.1 Å². The zero-order valence-corrected chi connectivity index (χ0v) is 13.6. The minimum atomic E-state index is -3.54. The molecule has 1 heterocycles. The van der Waals surface area contributed by atoms with E-state index < -0.39 is 10.0 Å². The Bertz CT molecular complexity index is 813. The highest BCUT2D eigenvalue weighted by atomic mass is 32.2. The van der Waals surface area contributed by atoms with Crippen LogP contribution in [0.15, 0.2) is 53.4 Å². The normalized spacial score (nSPS) is 18.3. The summed E-state index contributed by atoms with van der Waals surface area (Å²) in [6, 6.07) is 14.8. The van der Waals surface area contributed by atoms with Crippen LogP contribution in [0, 0.1) is 5.92 Å². The Morgan fingerprint density at radius 2 is 1.87 bits per heavy atom. The lowest BCUT2D eigenvalue weighted by molar-refractivity contribution is 0.356. The highest BCUT2D eigenvalue weighted by Crippen LogP contribution is 2.41. The van der Waals surface area contributed by atoms with Crippen molar-refractivity contribution in [1.82, 2.24) is 4.72 Å². The van der Waals surface area contributed by atoms with Gasteiger partial charge in [-0.05, 0) is 48.1 Å². The zero-order valence-electron chi connectivity index (χ0n) is 12.7. The summed E-state index contributed by atoms with van der Waals surface area (Å²) < 4.78 is 34.0. The molecule has 1 aliphatic heterocycles. The number of rotatable bonds is 5. The van der Waals surface area contributed by atoms with Gasteiger partial charge in [0.05, 0.1) is 11.5 Å². The number of hydrogen-bond donors (Lipinski definition) is 1. The van der Waals surface area contributed by atoms with Crippen LogP contribution in [0.25, 0.3) is 0 Å². The Labute approximate surface area is 136 Å². The van der Waals surface area contributed by atoms with Crippen LogP contribution < -0.4 is 9.46 Å². The third-order valence-corrected chi connectivity index (χ3v) is 5.94. The highest BCUT2D eigenvalue weighted by Gasteiger charge is 2.35. The van der Waals surface area contributed by atoms with Gasteiger partial charge in [-0.15, -0.1) is 0 Å². The summed E-state index contributed by atoms with van der Waals surface area (Å²) in [5.74, 6) is 1.19. The molecule has 120 valence electrons. The first-order chi connectivity index (χ1) is 11.1. The summed E-state index contributed by atoms with van der Waals surface area (Å²) in [6.45, 7) is 0.626. The first-order valence-electron chi connectivity index (χ1n) is 7.96. The predicted molar refractivity (Wildman–Crippen MR) is 87.9 cm³/mol. The van der Waals surface area contributed by atoms with Gasteiger partial charge in [-0.1, -0.05) is 30.3 Å². The monoisotopic (exact) mass is 329 g/mol. The van der Waals surface area contributed by atoms with Gasteiger partial charge < -0.3 is 4.74 Å². The smallest absolute Gasteiger partial charge is 0.241 e. The van der Waals surface area contributed by atoms with Gasteiger partial charge in [0.1, 0.15) is 5.75 Å². The predicted octanol–water partition coefficient (Wildman–Crippen LogP) is 3.05. The maximum Gasteiger partial charge on any atom is 0.241 e. The number of hydrogen-bond acceptors (Lipinski definition) is 3. The number of benzene rings is 2. The van der Waals surface area contributed by atoms with Gasteiger partial charge in [0.2, 0.25) is 10.0 Å². The van der Waals surface area contributed by atoms with Crippen LogP contribution in [0.3, 0.4) is 0 Å². The van der Waals surface area contributed by atoms with Crippen molar-refractivity contribution in [3.8, 4) is 5.75 Å². The molecule has 1 fully saturated rings. The Balaban J connectivity index is 1.63. The van der Waals surface area contributed by atoms with E-state index in [1.165, 1.54) is 0 Å². The van der Waals surface area contributed by atoms with Crippen LogP contribution in [-0.4, -0.2) is 15.0 Å². The average Bonchev–Trinajstić information content (AvgIpc) is 3.30. The summed E-state index contributed by atoms with van der Waals surface area (Å²) in [7, 11) is -3.54. The van der Waals surface area contributed by atoms with E-state index in [0.29, 0.717) is 17.4 Å². The molecule has 5 heteroatoms. The van der Waals surface area contributed by atoms with E-state index >= 15 is 0 Å². The number of fused-ring (bicyclic) bond motifs is 1.